The zero-order valence-corrected chi connectivity index (χ0v) is 13.7. The van der Waals surface area contributed by atoms with Crippen LogP contribution >= 0.6 is 0 Å². The van der Waals surface area contributed by atoms with E-state index in [9.17, 15) is 9.90 Å². The average Bonchev–Trinajstić information content (AvgIpc) is 2.56. The second-order valence-corrected chi connectivity index (χ2v) is 6.15. The third-order valence-electron chi connectivity index (χ3n) is 4.50. The minimum atomic E-state index is -0.0296. The topological polar surface area (TPSA) is 62.9 Å². The second kappa shape index (κ2) is 6.72. The largest absolute Gasteiger partial charge is 0.440 e. The average molecular weight is 317 g/mol. The smallest absolute Gasteiger partial charge is 0.200 e. The summed E-state index contributed by atoms with van der Waals surface area (Å²) in [6, 6.07) is 5.41. The predicted octanol–water partition coefficient (Wildman–Crippen LogP) is 2.25. The molecule has 1 fully saturated rings. The molecule has 0 aliphatic carbocycles. The summed E-state index contributed by atoms with van der Waals surface area (Å²) in [6.45, 7) is 3.61. The Morgan fingerprint density at radius 2 is 2.04 bits per heavy atom. The molecule has 3 rings (SSSR count). The first kappa shape index (κ1) is 16.0. The fourth-order valence-corrected chi connectivity index (χ4v) is 3.25. The van der Waals surface area contributed by atoms with Crippen LogP contribution in [0, 0.1) is 6.92 Å². The van der Waals surface area contributed by atoms with Gasteiger partial charge in [0.2, 0.25) is 0 Å². The summed E-state index contributed by atoms with van der Waals surface area (Å²) >= 11 is 0. The van der Waals surface area contributed by atoms with Crippen LogP contribution in [0.25, 0.3) is 11.0 Å². The number of hydrogen-bond donors (Lipinski definition) is 1. The van der Waals surface area contributed by atoms with Gasteiger partial charge in [0.15, 0.2) is 11.3 Å². The Morgan fingerprint density at radius 1 is 1.30 bits per heavy atom. The highest BCUT2D eigenvalue weighted by Crippen LogP contribution is 2.26. The molecular formula is C18H23NO4. The molecule has 0 amide bonds. The Kier molecular flexibility index (Phi) is 4.68. The van der Waals surface area contributed by atoms with Crippen molar-refractivity contribution >= 4 is 16.9 Å². The highest BCUT2D eigenvalue weighted by molar-refractivity contribution is 5.81. The van der Waals surface area contributed by atoms with Gasteiger partial charge in [-0.1, -0.05) is 6.07 Å². The van der Waals surface area contributed by atoms with E-state index in [1.807, 2.05) is 19.1 Å². The van der Waals surface area contributed by atoms with E-state index >= 15 is 0 Å². The van der Waals surface area contributed by atoms with Crippen LogP contribution in [0.2, 0.25) is 0 Å². The molecular weight excluding hydrogens is 294 g/mol. The normalized spacial score (nSPS) is 16.2. The standard InChI is InChI=1S/C18H23NO4/c1-12-9-13(5-8-20)18-15(10-12)16(21)11-17(23-18)19-6-3-14(22-2)4-7-19/h9-11,14,20H,3-8H2,1-2H3. The molecule has 5 heteroatoms. The van der Waals surface area contributed by atoms with Crippen LogP contribution in [0.3, 0.4) is 0 Å². The van der Waals surface area contributed by atoms with Gasteiger partial charge in [0.05, 0.1) is 11.5 Å². The van der Waals surface area contributed by atoms with E-state index in [0.717, 1.165) is 37.1 Å². The molecule has 2 heterocycles. The Morgan fingerprint density at radius 3 is 2.70 bits per heavy atom. The van der Waals surface area contributed by atoms with Crippen molar-refractivity contribution in [2.24, 2.45) is 0 Å². The number of methoxy groups -OCH3 is 1. The maximum absolute atomic E-state index is 12.5. The maximum atomic E-state index is 12.5. The number of nitrogens with zero attached hydrogens (tertiary/aromatic N) is 1. The number of anilines is 1. The van der Waals surface area contributed by atoms with Gasteiger partial charge in [0.25, 0.3) is 0 Å². The van der Waals surface area contributed by atoms with Crippen LogP contribution in [0.1, 0.15) is 24.0 Å². The van der Waals surface area contributed by atoms with Gasteiger partial charge >= 0.3 is 0 Å². The molecule has 23 heavy (non-hydrogen) atoms. The number of hydrogen-bond acceptors (Lipinski definition) is 5. The number of rotatable bonds is 4. The Labute approximate surface area is 135 Å². The molecule has 1 saturated heterocycles. The van der Waals surface area contributed by atoms with Crippen LogP contribution in [0.4, 0.5) is 5.88 Å². The van der Waals surface area contributed by atoms with Crippen molar-refractivity contribution < 1.29 is 14.3 Å². The van der Waals surface area contributed by atoms with Crippen molar-refractivity contribution in [2.45, 2.75) is 32.3 Å². The van der Waals surface area contributed by atoms with Crippen molar-refractivity contribution in [1.82, 2.24) is 0 Å². The maximum Gasteiger partial charge on any atom is 0.200 e. The monoisotopic (exact) mass is 317 g/mol. The molecule has 1 aromatic heterocycles. The van der Waals surface area contributed by atoms with Crippen molar-refractivity contribution in [3.63, 3.8) is 0 Å². The Bertz CT molecular complexity index is 745. The van der Waals surface area contributed by atoms with Crippen molar-refractivity contribution in [3.05, 3.63) is 39.5 Å². The molecule has 0 spiro atoms. The number of ether oxygens (including phenoxy) is 1. The van der Waals surface area contributed by atoms with Crippen LogP contribution in [0.5, 0.6) is 0 Å². The number of aliphatic hydroxyl groups excluding tert-OH is 1. The Hall–Kier alpha value is -1.85. The van der Waals surface area contributed by atoms with E-state index in [4.69, 9.17) is 9.15 Å². The lowest BCUT2D eigenvalue weighted by Crippen LogP contribution is -2.37. The first-order valence-corrected chi connectivity index (χ1v) is 8.08. The molecule has 1 aromatic carbocycles. The summed E-state index contributed by atoms with van der Waals surface area (Å²) in [5.41, 5.74) is 2.45. The van der Waals surface area contributed by atoms with Gasteiger partial charge in [-0.05, 0) is 43.4 Å². The van der Waals surface area contributed by atoms with Gasteiger partial charge in [-0.2, -0.15) is 0 Å². The predicted molar refractivity (Wildman–Crippen MR) is 90.3 cm³/mol. The second-order valence-electron chi connectivity index (χ2n) is 6.15. The van der Waals surface area contributed by atoms with Crippen LogP contribution < -0.4 is 10.3 Å². The summed E-state index contributed by atoms with van der Waals surface area (Å²) in [5, 5.41) is 9.86. The van der Waals surface area contributed by atoms with Gasteiger partial charge in [-0.25, -0.2) is 0 Å². The number of piperidine rings is 1. The lowest BCUT2D eigenvalue weighted by Gasteiger charge is -2.31. The van der Waals surface area contributed by atoms with Gasteiger partial charge < -0.3 is 19.2 Å². The zero-order chi connectivity index (χ0) is 16.4. The van der Waals surface area contributed by atoms with E-state index < -0.39 is 0 Å². The molecule has 0 unspecified atom stereocenters. The molecule has 1 aliphatic rings. The molecule has 0 radical (unpaired) electrons. The van der Waals surface area contributed by atoms with Gasteiger partial charge in [0.1, 0.15) is 5.58 Å². The van der Waals surface area contributed by atoms with E-state index in [2.05, 4.69) is 4.90 Å². The number of aryl methyl sites for hydroxylation is 1. The summed E-state index contributed by atoms with van der Waals surface area (Å²) in [6.07, 6.45) is 2.62. The minimum absolute atomic E-state index is 0.0296. The zero-order valence-electron chi connectivity index (χ0n) is 13.7. The summed E-state index contributed by atoms with van der Waals surface area (Å²) in [7, 11) is 1.74. The Balaban J connectivity index is 2.01. The highest BCUT2D eigenvalue weighted by atomic mass is 16.5. The number of benzene rings is 1. The molecule has 0 bridgehead atoms. The first-order valence-electron chi connectivity index (χ1n) is 8.08. The van der Waals surface area contributed by atoms with E-state index in [1.54, 1.807) is 13.2 Å². The van der Waals surface area contributed by atoms with Crippen molar-refractivity contribution in [3.8, 4) is 0 Å². The molecule has 1 N–H and O–H groups in total. The van der Waals surface area contributed by atoms with Crippen LogP contribution in [-0.2, 0) is 11.2 Å². The fourth-order valence-electron chi connectivity index (χ4n) is 3.25. The molecule has 1 aliphatic heterocycles. The van der Waals surface area contributed by atoms with Gasteiger partial charge in [-0.3, -0.25) is 4.79 Å². The third-order valence-corrected chi connectivity index (χ3v) is 4.50. The number of fused-ring (bicyclic) bond motifs is 1. The van der Waals surface area contributed by atoms with Crippen LogP contribution in [-0.4, -0.2) is 38.0 Å². The van der Waals surface area contributed by atoms with E-state index in [0.29, 0.717) is 23.3 Å². The SMILES string of the molecule is COC1CCN(c2cc(=O)c3cc(C)cc(CCO)c3o2)CC1. The molecule has 0 atom stereocenters. The summed E-state index contributed by atoms with van der Waals surface area (Å²) in [5.74, 6) is 0.611. The molecule has 0 saturated carbocycles. The quantitative estimate of drug-likeness (QED) is 0.937. The van der Waals surface area contributed by atoms with Gasteiger partial charge in [-0.15, -0.1) is 0 Å². The highest BCUT2D eigenvalue weighted by Gasteiger charge is 2.21. The van der Waals surface area contributed by atoms with Crippen LogP contribution in [0.15, 0.2) is 27.4 Å². The third kappa shape index (κ3) is 3.26. The summed E-state index contributed by atoms with van der Waals surface area (Å²) in [4.78, 5) is 14.6. The molecule has 124 valence electrons. The molecule has 2 aromatic rings. The lowest BCUT2D eigenvalue weighted by atomic mass is 10.0. The summed E-state index contributed by atoms with van der Waals surface area (Å²) < 4.78 is 11.5. The first-order chi connectivity index (χ1) is 11.1. The van der Waals surface area contributed by atoms with Crippen molar-refractivity contribution in [1.29, 1.82) is 0 Å². The van der Waals surface area contributed by atoms with Gasteiger partial charge in [0, 0.05) is 32.9 Å². The molecule has 5 nitrogen and oxygen atoms in total. The minimum Gasteiger partial charge on any atom is -0.440 e. The fraction of sp³-hybridized carbons (Fsp3) is 0.500. The lowest BCUT2D eigenvalue weighted by molar-refractivity contribution is 0.0812. The van der Waals surface area contributed by atoms with Crippen molar-refractivity contribution in [2.75, 3.05) is 31.7 Å². The number of aliphatic hydroxyl groups is 1. The van der Waals surface area contributed by atoms with E-state index in [-0.39, 0.29) is 18.1 Å². The van der Waals surface area contributed by atoms with E-state index in [1.165, 1.54) is 0 Å².